The lowest BCUT2D eigenvalue weighted by atomic mass is 10.3. The predicted octanol–water partition coefficient (Wildman–Crippen LogP) is -1.66. The van der Waals surface area contributed by atoms with E-state index >= 15 is 0 Å². The van der Waals surface area contributed by atoms with Crippen LogP contribution in [0.3, 0.4) is 0 Å². The number of methoxy groups -OCH3 is 2. The van der Waals surface area contributed by atoms with Crippen molar-refractivity contribution in [3.8, 4) is 0 Å². The van der Waals surface area contributed by atoms with E-state index in [1.807, 2.05) is 0 Å². The summed E-state index contributed by atoms with van der Waals surface area (Å²) in [6.45, 7) is 0. The number of hydrogen-bond acceptors (Lipinski definition) is 6. The number of esters is 2. The molecule has 0 radical (unpaired) electrons. The van der Waals surface area contributed by atoms with Crippen LogP contribution in [0.25, 0.3) is 0 Å². The molecule has 0 aromatic carbocycles. The standard InChI is InChI=1S/C7H11NO6S/c1-13-6(9)4-5(7(10)14-2)8(4)15(3,11)12/h4-5H,1-3H3/t4-,5-/m1/s1. The van der Waals surface area contributed by atoms with Crippen molar-refractivity contribution in [1.82, 2.24) is 4.31 Å². The molecular formula is C7H11NO6S. The minimum atomic E-state index is -3.61. The molecule has 0 aromatic heterocycles. The molecular weight excluding hydrogens is 226 g/mol. The molecule has 7 nitrogen and oxygen atoms in total. The molecule has 0 saturated carbocycles. The summed E-state index contributed by atoms with van der Waals surface area (Å²) >= 11 is 0. The first kappa shape index (κ1) is 11.9. The van der Waals surface area contributed by atoms with Gasteiger partial charge in [-0.1, -0.05) is 0 Å². The molecule has 0 spiro atoms. The SMILES string of the molecule is COC(=O)[C@H]1[C@H](C(=O)OC)N1S(C)(=O)=O. The number of ether oxygens (including phenoxy) is 2. The Hall–Kier alpha value is -1.15. The van der Waals surface area contributed by atoms with Crippen molar-refractivity contribution in [2.24, 2.45) is 0 Å². The van der Waals surface area contributed by atoms with Crippen LogP contribution >= 0.6 is 0 Å². The molecule has 1 saturated heterocycles. The average molecular weight is 237 g/mol. The Balaban J connectivity index is 2.90. The number of sulfonamides is 1. The maximum absolute atomic E-state index is 11.2. The zero-order valence-corrected chi connectivity index (χ0v) is 9.28. The highest BCUT2D eigenvalue weighted by Gasteiger charge is 2.63. The maximum atomic E-state index is 11.2. The van der Waals surface area contributed by atoms with E-state index in [1.165, 1.54) is 0 Å². The highest BCUT2D eigenvalue weighted by atomic mass is 32.2. The van der Waals surface area contributed by atoms with Crippen LogP contribution < -0.4 is 0 Å². The van der Waals surface area contributed by atoms with Crippen LogP contribution in [0.2, 0.25) is 0 Å². The summed E-state index contributed by atoms with van der Waals surface area (Å²) in [5.41, 5.74) is 0. The van der Waals surface area contributed by atoms with Gasteiger partial charge in [-0.2, -0.15) is 4.31 Å². The molecule has 8 heteroatoms. The van der Waals surface area contributed by atoms with Crippen molar-refractivity contribution in [2.75, 3.05) is 20.5 Å². The molecule has 0 bridgehead atoms. The van der Waals surface area contributed by atoms with E-state index in [-0.39, 0.29) is 0 Å². The zero-order chi connectivity index (χ0) is 11.8. The number of nitrogens with zero attached hydrogens (tertiary/aromatic N) is 1. The number of rotatable bonds is 3. The van der Waals surface area contributed by atoms with Crippen LogP contribution in [-0.4, -0.2) is 57.2 Å². The smallest absolute Gasteiger partial charge is 0.326 e. The van der Waals surface area contributed by atoms with Crippen molar-refractivity contribution < 1.29 is 27.5 Å². The average Bonchev–Trinajstić information content (AvgIpc) is 2.89. The molecule has 1 aliphatic rings. The van der Waals surface area contributed by atoms with Crippen LogP contribution in [0, 0.1) is 0 Å². The third-order valence-electron chi connectivity index (χ3n) is 2.03. The molecule has 2 atom stereocenters. The summed E-state index contributed by atoms with van der Waals surface area (Å²) < 4.78 is 31.8. The summed E-state index contributed by atoms with van der Waals surface area (Å²) in [7, 11) is -1.37. The Kier molecular flexibility index (Phi) is 3.00. The Morgan fingerprint density at radius 2 is 1.40 bits per heavy atom. The van der Waals surface area contributed by atoms with Gasteiger partial charge in [-0.05, 0) is 0 Å². The summed E-state index contributed by atoms with van der Waals surface area (Å²) in [5.74, 6) is -1.54. The van der Waals surface area contributed by atoms with Crippen LogP contribution in [0.1, 0.15) is 0 Å². The molecule has 86 valence electrons. The van der Waals surface area contributed by atoms with Gasteiger partial charge in [0.25, 0.3) is 0 Å². The molecule has 15 heavy (non-hydrogen) atoms. The second kappa shape index (κ2) is 3.78. The van der Waals surface area contributed by atoms with E-state index in [0.717, 1.165) is 24.8 Å². The van der Waals surface area contributed by atoms with E-state index in [2.05, 4.69) is 9.47 Å². The van der Waals surface area contributed by atoms with Gasteiger partial charge in [0, 0.05) is 0 Å². The molecule has 0 N–H and O–H groups in total. The van der Waals surface area contributed by atoms with Gasteiger partial charge in [-0.3, -0.25) is 9.59 Å². The Labute approximate surface area is 87.0 Å². The third kappa shape index (κ3) is 2.10. The molecule has 0 unspecified atom stereocenters. The molecule has 0 aliphatic carbocycles. The number of carbonyl (C=O) groups excluding carboxylic acids is 2. The fraction of sp³-hybridized carbons (Fsp3) is 0.714. The van der Waals surface area contributed by atoms with E-state index in [0.29, 0.717) is 0 Å². The highest BCUT2D eigenvalue weighted by Crippen LogP contribution is 2.33. The Bertz CT molecular complexity index is 366. The number of hydrogen-bond donors (Lipinski definition) is 0. The summed E-state index contributed by atoms with van der Waals surface area (Å²) in [6, 6.07) is -2.17. The van der Waals surface area contributed by atoms with Gasteiger partial charge in [0.1, 0.15) is 0 Å². The van der Waals surface area contributed by atoms with Crippen molar-refractivity contribution >= 4 is 22.0 Å². The second-order valence-corrected chi connectivity index (χ2v) is 4.92. The van der Waals surface area contributed by atoms with Crippen molar-refractivity contribution in [2.45, 2.75) is 12.1 Å². The monoisotopic (exact) mass is 237 g/mol. The zero-order valence-electron chi connectivity index (χ0n) is 8.46. The van der Waals surface area contributed by atoms with Crippen molar-refractivity contribution in [3.05, 3.63) is 0 Å². The quantitative estimate of drug-likeness (QED) is 0.431. The lowest BCUT2D eigenvalue weighted by Crippen LogP contribution is -2.18. The molecule has 1 rings (SSSR count). The normalized spacial score (nSPS) is 29.4. The molecule has 1 aliphatic heterocycles. The van der Waals surface area contributed by atoms with Crippen LogP contribution in [0.5, 0.6) is 0 Å². The molecule has 0 amide bonds. The molecule has 1 fully saturated rings. The van der Waals surface area contributed by atoms with Crippen LogP contribution in [-0.2, 0) is 29.1 Å². The summed E-state index contributed by atoms with van der Waals surface area (Å²) in [6.07, 6.45) is 0.909. The van der Waals surface area contributed by atoms with Gasteiger partial charge in [0.05, 0.1) is 20.5 Å². The fourth-order valence-electron chi connectivity index (χ4n) is 1.33. The summed E-state index contributed by atoms with van der Waals surface area (Å²) in [5, 5.41) is 0. The Morgan fingerprint density at radius 1 is 1.07 bits per heavy atom. The number of carbonyl (C=O) groups is 2. The lowest BCUT2D eigenvalue weighted by Gasteiger charge is -1.98. The van der Waals surface area contributed by atoms with Crippen molar-refractivity contribution in [3.63, 3.8) is 0 Å². The van der Waals surface area contributed by atoms with Gasteiger partial charge in [-0.25, -0.2) is 8.42 Å². The van der Waals surface area contributed by atoms with E-state index in [1.54, 1.807) is 0 Å². The minimum absolute atomic E-state index is 0.755. The van der Waals surface area contributed by atoms with Crippen LogP contribution in [0.15, 0.2) is 0 Å². The van der Waals surface area contributed by atoms with Gasteiger partial charge in [-0.15, -0.1) is 0 Å². The maximum Gasteiger partial charge on any atom is 0.326 e. The van der Waals surface area contributed by atoms with Gasteiger partial charge < -0.3 is 9.47 Å². The topological polar surface area (TPSA) is 89.8 Å². The van der Waals surface area contributed by atoms with Crippen LogP contribution in [0.4, 0.5) is 0 Å². The first-order valence-electron chi connectivity index (χ1n) is 3.98. The van der Waals surface area contributed by atoms with E-state index in [9.17, 15) is 18.0 Å². The van der Waals surface area contributed by atoms with E-state index in [4.69, 9.17) is 0 Å². The lowest BCUT2D eigenvalue weighted by molar-refractivity contribution is -0.144. The molecule has 0 aromatic rings. The van der Waals surface area contributed by atoms with E-state index < -0.39 is 34.0 Å². The molecule has 1 heterocycles. The van der Waals surface area contributed by atoms with Gasteiger partial charge in [0.15, 0.2) is 12.1 Å². The third-order valence-corrected chi connectivity index (χ3v) is 3.25. The predicted molar refractivity (Wildman–Crippen MR) is 48.3 cm³/mol. The first-order chi connectivity index (χ1) is 6.84. The minimum Gasteiger partial charge on any atom is -0.468 e. The fourth-order valence-corrected chi connectivity index (χ4v) is 2.50. The van der Waals surface area contributed by atoms with Gasteiger partial charge >= 0.3 is 11.9 Å². The summed E-state index contributed by atoms with van der Waals surface area (Å²) in [4.78, 5) is 22.3. The Morgan fingerprint density at radius 3 is 1.60 bits per heavy atom. The van der Waals surface area contributed by atoms with Gasteiger partial charge in [0.2, 0.25) is 10.0 Å². The largest absolute Gasteiger partial charge is 0.468 e. The first-order valence-corrected chi connectivity index (χ1v) is 5.83. The highest BCUT2D eigenvalue weighted by molar-refractivity contribution is 7.88. The second-order valence-electron chi connectivity index (χ2n) is 3.03. The van der Waals surface area contributed by atoms with Crippen molar-refractivity contribution in [1.29, 1.82) is 0 Å².